The maximum absolute atomic E-state index is 12.5. The molecule has 0 aliphatic carbocycles. The first-order valence-corrected chi connectivity index (χ1v) is 7.73. The zero-order valence-electron chi connectivity index (χ0n) is 12.5. The van der Waals surface area contributed by atoms with Crippen molar-refractivity contribution in [2.75, 3.05) is 6.54 Å². The Bertz CT molecular complexity index is 643. The van der Waals surface area contributed by atoms with Gasteiger partial charge in [0.2, 0.25) is 5.91 Å². The summed E-state index contributed by atoms with van der Waals surface area (Å²) in [4.78, 5) is 18.9. The number of aromatic hydroxyl groups is 1. The topological polar surface area (TPSA) is 53.4 Å². The molecule has 0 bridgehead atoms. The van der Waals surface area contributed by atoms with Crippen LogP contribution in [0.1, 0.15) is 36.6 Å². The van der Waals surface area contributed by atoms with E-state index in [2.05, 4.69) is 4.98 Å². The average molecular weight is 296 g/mol. The maximum Gasteiger partial charge on any atom is 0.223 e. The van der Waals surface area contributed by atoms with Gasteiger partial charge in [-0.2, -0.15) is 0 Å². The van der Waals surface area contributed by atoms with Crippen molar-refractivity contribution in [3.8, 4) is 5.75 Å². The van der Waals surface area contributed by atoms with Gasteiger partial charge in [-0.15, -0.1) is 0 Å². The van der Waals surface area contributed by atoms with Gasteiger partial charge >= 0.3 is 0 Å². The minimum absolute atomic E-state index is 0.0954. The number of phenolic OH excluding ortho intramolecular Hbond substituents is 1. The van der Waals surface area contributed by atoms with Crippen LogP contribution in [-0.2, 0) is 11.2 Å². The van der Waals surface area contributed by atoms with Crippen LogP contribution in [0, 0.1) is 0 Å². The van der Waals surface area contributed by atoms with Gasteiger partial charge in [0.25, 0.3) is 0 Å². The van der Waals surface area contributed by atoms with E-state index in [1.165, 1.54) is 0 Å². The number of hydrogen-bond donors (Lipinski definition) is 1. The fraction of sp³-hybridized carbons (Fsp3) is 0.333. The second-order valence-corrected chi connectivity index (χ2v) is 5.63. The number of phenols is 1. The first kappa shape index (κ1) is 14.6. The summed E-state index contributed by atoms with van der Waals surface area (Å²) in [7, 11) is 0. The minimum atomic E-state index is 0.0954. The molecule has 3 rings (SSSR count). The summed E-state index contributed by atoms with van der Waals surface area (Å²) in [6, 6.07) is 13.1. The van der Waals surface area contributed by atoms with Crippen molar-refractivity contribution in [3.63, 3.8) is 0 Å². The lowest BCUT2D eigenvalue weighted by Gasteiger charge is -2.24. The van der Waals surface area contributed by atoms with Crippen LogP contribution in [-0.4, -0.2) is 27.4 Å². The van der Waals surface area contributed by atoms with Gasteiger partial charge in [-0.25, -0.2) is 0 Å². The first-order valence-electron chi connectivity index (χ1n) is 7.73. The van der Waals surface area contributed by atoms with Crippen LogP contribution < -0.4 is 0 Å². The molecule has 0 radical (unpaired) electrons. The van der Waals surface area contributed by atoms with Crippen LogP contribution in [0.25, 0.3) is 0 Å². The number of rotatable bonds is 4. The van der Waals surface area contributed by atoms with E-state index in [-0.39, 0.29) is 17.7 Å². The van der Waals surface area contributed by atoms with Gasteiger partial charge in [-0.3, -0.25) is 9.78 Å². The molecule has 0 unspecified atom stereocenters. The average Bonchev–Trinajstić information content (AvgIpc) is 3.04. The molecule has 1 saturated heterocycles. The summed E-state index contributed by atoms with van der Waals surface area (Å²) in [6.07, 6.45) is 4.75. The number of pyridine rings is 1. The lowest BCUT2D eigenvalue weighted by molar-refractivity contribution is -0.132. The fourth-order valence-corrected chi connectivity index (χ4v) is 3.05. The lowest BCUT2D eigenvalue weighted by Crippen LogP contribution is -2.31. The van der Waals surface area contributed by atoms with Gasteiger partial charge in [0, 0.05) is 19.2 Å². The second-order valence-electron chi connectivity index (χ2n) is 5.63. The zero-order valence-corrected chi connectivity index (χ0v) is 12.5. The van der Waals surface area contributed by atoms with Crippen LogP contribution in [0.2, 0.25) is 0 Å². The van der Waals surface area contributed by atoms with Crippen LogP contribution >= 0.6 is 0 Å². The van der Waals surface area contributed by atoms with Gasteiger partial charge in [0.05, 0.1) is 11.7 Å². The van der Waals surface area contributed by atoms with Crippen molar-refractivity contribution < 1.29 is 9.90 Å². The van der Waals surface area contributed by atoms with E-state index in [0.717, 1.165) is 30.6 Å². The lowest BCUT2D eigenvalue weighted by atomic mass is 10.1. The van der Waals surface area contributed by atoms with Gasteiger partial charge in [-0.05, 0) is 43.0 Å². The maximum atomic E-state index is 12.5. The SMILES string of the molecule is O=C(CCc1ccccc1O)N1CCC[C@H]1c1ccccn1. The Balaban J connectivity index is 1.65. The van der Waals surface area contributed by atoms with Gasteiger partial charge in [0.15, 0.2) is 0 Å². The van der Waals surface area contributed by atoms with Crippen molar-refractivity contribution in [1.29, 1.82) is 0 Å². The number of aromatic nitrogens is 1. The zero-order chi connectivity index (χ0) is 15.4. The third kappa shape index (κ3) is 3.11. The Hall–Kier alpha value is -2.36. The molecule has 1 atom stereocenters. The van der Waals surface area contributed by atoms with Crippen molar-refractivity contribution >= 4 is 5.91 Å². The molecule has 4 nitrogen and oxygen atoms in total. The van der Waals surface area contributed by atoms with Crippen molar-refractivity contribution in [1.82, 2.24) is 9.88 Å². The van der Waals surface area contributed by atoms with Gasteiger partial charge in [-0.1, -0.05) is 24.3 Å². The predicted octanol–water partition coefficient (Wildman–Crippen LogP) is 3.08. The van der Waals surface area contributed by atoms with Crippen LogP contribution in [0.4, 0.5) is 0 Å². The molecule has 1 N–H and O–H groups in total. The summed E-state index contributed by atoms with van der Waals surface area (Å²) >= 11 is 0. The summed E-state index contributed by atoms with van der Waals surface area (Å²) in [6.45, 7) is 0.793. The Morgan fingerprint density at radius 1 is 1.23 bits per heavy atom. The van der Waals surface area contributed by atoms with E-state index in [9.17, 15) is 9.90 Å². The molecule has 1 fully saturated rings. The molecule has 0 saturated carbocycles. The highest BCUT2D eigenvalue weighted by atomic mass is 16.3. The first-order chi connectivity index (χ1) is 10.8. The molecule has 1 aromatic heterocycles. The Kier molecular flexibility index (Phi) is 4.37. The van der Waals surface area contributed by atoms with Crippen molar-refractivity contribution in [2.45, 2.75) is 31.7 Å². The molecule has 2 aromatic rings. The highest BCUT2D eigenvalue weighted by molar-refractivity contribution is 5.77. The molecular formula is C18H20N2O2. The third-order valence-electron chi connectivity index (χ3n) is 4.20. The number of likely N-dealkylation sites (tertiary alicyclic amines) is 1. The summed E-state index contributed by atoms with van der Waals surface area (Å²) in [5.74, 6) is 0.398. The molecule has 1 aliphatic heterocycles. The number of para-hydroxylation sites is 1. The molecule has 1 aromatic carbocycles. The van der Waals surface area contributed by atoms with E-state index in [4.69, 9.17) is 0 Å². The second kappa shape index (κ2) is 6.60. The Morgan fingerprint density at radius 3 is 2.82 bits per heavy atom. The highest BCUT2D eigenvalue weighted by Gasteiger charge is 2.30. The quantitative estimate of drug-likeness (QED) is 0.943. The molecule has 1 aliphatic rings. The van der Waals surface area contributed by atoms with Gasteiger partial charge < -0.3 is 10.0 Å². The number of benzene rings is 1. The molecule has 2 heterocycles. The number of nitrogens with zero attached hydrogens (tertiary/aromatic N) is 2. The molecule has 1 amide bonds. The summed E-state index contributed by atoms with van der Waals surface area (Å²) < 4.78 is 0. The largest absolute Gasteiger partial charge is 0.508 e. The normalized spacial score (nSPS) is 17.6. The third-order valence-corrected chi connectivity index (χ3v) is 4.20. The summed E-state index contributed by atoms with van der Waals surface area (Å²) in [5, 5.41) is 9.78. The standard InChI is InChI=1S/C18H20N2O2/c21-17-9-2-1-6-14(17)10-11-18(22)20-13-5-8-16(20)15-7-3-4-12-19-15/h1-4,6-7,9,12,16,21H,5,8,10-11,13H2/t16-/m0/s1. The van der Waals surface area contributed by atoms with Crippen LogP contribution in [0.5, 0.6) is 5.75 Å². The van der Waals surface area contributed by atoms with Crippen LogP contribution in [0.3, 0.4) is 0 Å². The minimum Gasteiger partial charge on any atom is -0.508 e. The monoisotopic (exact) mass is 296 g/mol. The van der Waals surface area contributed by atoms with E-state index in [1.54, 1.807) is 18.3 Å². The van der Waals surface area contributed by atoms with E-state index in [0.29, 0.717) is 12.8 Å². The number of carbonyl (C=O) groups is 1. The van der Waals surface area contributed by atoms with Crippen LogP contribution in [0.15, 0.2) is 48.7 Å². The molecule has 22 heavy (non-hydrogen) atoms. The van der Waals surface area contributed by atoms with Gasteiger partial charge in [0.1, 0.15) is 5.75 Å². The number of carbonyl (C=O) groups excluding carboxylic acids is 1. The molecular weight excluding hydrogens is 276 g/mol. The summed E-state index contributed by atoms with van der Waals surface area (Å²) in [5.41, 5.74) is 1.79. The number of hydrogen-bond acceptors (Lipinski definition) is 3. The number of amides is 1. The molecule has 114 valence electrons. The van der Waals surface area contributed by atoms with Crippen molar-refractivity contribution in [3.05, 3.63) is 59.9 Å². The van der Waals surface area contributed by atoms with E-state index >= 15 is 0 Å². The Labute approximate surface area is 130 Å². The van der Waals surface area contributed by atoms with Crippen molar-refractivity contribution in [2.24, 2.45) is 0 Å². The van der Waals surface area contributed by atoms with E-state index < -0.39 is 0 Å². The Morgan fingerprint density at radius 2 is 2.05 bits per heavy atom. The molecule has 4 heteroatoms. The highest BCUT2D eigenvalue weighted by Crippen LogP contribution is 2.31. The molecule has 0 spiro atoms. The fourth-order valence-electron chi connectivity index (χ4n) is 3.05. The number of aryl methyl sites for hydroxylation is 1. The predicted molar refractivity (Wildman–Crippen MR) is 84.4 cm³/mol. The van der Waals surface area contributed by atoms with E-state index in [1.807, 2.05) is 35.2 Å². The smallest absolute Gasteiger partial charge is 0.223 e.